The highest BCUT2D eigenvalue weighted by atomic mass is 16.5. The van der Waals surface area contributed by atoms with Gasteiger partial charge in [0.25, 0.3) is 0 Å². The monoisotopic (exact) mass is 242 g/mol. The van der Waals surface area contributed by atoms with E-state index < -0.39 is 0 Å². The van der Waals surface area contributed by atoms with Gasteiger partial charge in [-0.15, -0.1) is 0 Å². The third kappa shape index (κ3) is 6.39. The zero-order valence-corrected chi connectivity index (χ0v) is 11.8. The van der Waals surface area contributed by atoms with Crippen LogP contribution in [0, 0.1) is 11.8 Å². The van der Waals surface area contributed by atoms with E-state index in [2.05, 4.69) is 25.8 Å². The summed E-state index contributed by atoms with van der Waals surface area (Å²) in [4.78, 5) is 2.40. The molecule has 2 atom stereocenters. The number of nitrogens with two attached hydrogens (primary N) is 1. The van der Waals surface area contributed by atoms with Crippen molar-refractivity contribution in [2.45, 2.75) is 45.6 Å². The van der Waals surface area contributed by atoms with Crippen LogP contribution < -0.4 is 5.73 Å². The molecule has 1 fully saturated rings. The van der Waals surface area contributed by atoms with Gasteiger partial charge < -0.3 is 15.4 Å². The average Bonchev–Trinajstić information content (AvgIpc) is 2.28. The molecule has 1 aliphatic rings. The summed E-state index contributed by atoms with van der Waals surface area (Å²) < 4.78 is 5.77. The van der Waals surface area contributed by atoms with E-state index in [1.807, 2.05) is 0 Å². The van der Waals surface area contributed by atoms with Crippen molar-refractivity contribution in [1.29, 1.82) is 0 Å². The summed E-state index contributed by atoms with van der Waals surface area (Å²) in [6.07, 6.45) is 5.46. The lowest BCUT2D eigenvalue weighted by Crippen LogP contribution is -2.38. The second kappa shape index (κ2) is 8.06. The molecule has 1 heterocycles. The number of likely N-dealkylation sites (N-methyl/N-ethyl adjacent to an activating group) is 1. The molecule has 0 saturated carbocycles. The number of hydrogen-bond donors (Lipinski definition) is 1. The molecule has 1 aliphatic heterocycles. The van der Waals surface area contributed by atoms with Crippen molar-refractivity contribution in [2.24, 2.45) is 17.6 Å². The van der Waals surface area contributed by atoms with Crippen LogP contribution in [-0.2, 0) is 4.74 Å². The molecule has 2 unspecified atom stereocenters. The van der Waals surface area contributed by atoms with Crippen molar-refractivity contribution < 1.29 is 4.74 Å². The Bertz CT molecular complexity index is 191. The summed E-state index contributed by atoms with van der Waals surface area (Å²) in [7, 11) is 2.20. The maximum absolute atomic E-state index is 5.84. The van der Waals surface area contributed by atoms with Crippen LogP contribution in [0.3, 0.4) is 0 Å². The van der Waals surface area contributed by atoms with Gasteiger partial charge in [0.1, 0.15) is 0 Å². The van der Waals surface area contributed by atoms with Gasteiger partial charge in [-0.3, -0.25) is 0 Å². The SMILES string of the molecule is CC(C)CC(CN)CN(C)CC1CCCCO1. The topological polar surface area (TPSA) is 38.5 Å². The molecule has 0 aromatic heterocycles. The number of nitrogens with zero attached hydrogens (tertiary/aromatic N) is 1. The zero-order chi connectivity index (χ0) is 12.7. The summed E-state index contributed by atoms with van der Waals surface area (Å²) in [6, 6.07) is 0. The fraction of sp³-hybridized carbons (Fsp3) is 1.00. The highest BCUT2D eigenvalue weighted by Gasteiger charge is 2.18. The molecule has 1 saturated heterocycles. The molecule has 1 rings (SSSR count). The summed E-state index contributed by atoms with van der Waals surface area (Å²) in [5.74, 6) is 1.37. The fourth-order valence-electron chi connectivity index (χ4n) is 2.73. The van der Waals surface area contributed by atoms with Crippen LogP contribution in [0.4, 0.5) is 0 Å². The average molecular weight is 242 g/mol. The van der Waals surface area contributed by atoms with E-state index in [1.165, 1.54) is 25.7 Å². The first kappa shape index (κ1) is 14.9. The summed E-state index contributed by atoms with van der Waals surface area (Å²) >= 11 is 0. The van der Waals surface area contributed by atoms with Gasteiger partial charge in [-0.1, -0.05) is 13.8 Å². The molecule has 0 bridgehead atoms. The van der Waals surface area contributed by atoms with Gasteiger partial charge in [-0.2, -0.15) is 0 Å². The van der Waals surface area contributed by atoms with Gasteiger partial charge in [0.2, 0.25) is 0 Å². The Kier molecular flexibility index (Phi) is 7.09. The van der Waals surface area contributed by atoms with Crippen molar-refractivity contribution in [3.63, 3.8) is 0 Å². The molecule has 2 N–H and O–H groups in total. The summed E-state index contributed by atoms with van der Waals surface area (Å²) in [5.41, 5.74) is 5.84. The Morgan fingerprint density at radius 1 is 1.35 bits per heavy atom. The highest BCUT2D eigenvalue weighted by Crippen LogP contribution is 2.15. The minimum Gasteiger partial charge on any atom is -0.377 e. The van der Waals surface area contributed by atoms with Gasteiger partial charge >= 0.3 is 0 Å². The molecular formula is C14H30N2O. The molecule has 0 amide bonds. The van der Waals surface area contributed by atoms with Gasteiger partial charge in [0.15, 0.2) is 0 Å². The summed E-state index contributed by atoms with van der Waals surface area (Å²) in [6.45, 7) is 8.46. The van der Waals surface area contributed by atoms with E-state index in [4.69, 9.17) is 10.5 Å². The van der Waals surface area contributed by atoms with Gasteiger partial charge in [0, 0.05) is 19.7 Å². The van der Waals surface area contributed by atoms with E-state index in [-0.39, 0.29) is 0 Å². The highest BCUT2D eigenvalue weighted by molar-refractivity contribution is 4.71. The Morgan fingerprint density at radius 3 is 2.65 bits per heavy atom. The third-order valence-electron chi connectivity index (χ3n) is 3.50. The molecule has 0 aliphatic carbocycles. The van der Waals surface area contributed by atoms with Gasteiger partial charge in [-0.05, 0) is 51.1 Å². The van der Waals surface area contributed by atoms with Crippen LogP contribution in [0.15, 0.2) is 0 Å². The smallest absolute Gasteiger partial charge is 0.0701 e. The Labute approximate surface area is 107 Å². The molecular weight excluding hydrogens is 212 g/mol. The quantitative estimate of drug-likeness (QED) is 0.743. The van der Waals surface area contributed by atoms with Crippen LogP contribution in [-0.4, -0.2) is 44.3 Å². The van der Waals surface area contributed by atoms with Crippen molar-refractivity contribution in [3.8, 4) is 0 Å². The first-order valence-electron chi connectivity index (χ1n) is 7.12. The van der Waals surface area contributed by atoms with E-state index in [1.54, 1.807) is 0 Å². The number of rotatable bonds is 7. The minimum atomic E-state index is 0.450. The fourth-order valence-corrected chi connectivity index (χ4v) is 2.73. The molecule has 0 aromatic carbocycles. The molecule has 3 nitrogen and oxygen atoms in total. The predicted octanol–water partition coefficient (Wildman–Crippen LogP) is 2.11. The Balaban J connectivity index is 2.23. The Morgan fingerprint density at radius 2 is 2.12 bits per heavy atom. The maximum Gasteiger partial charge on any atom is 0.0701 e. The summed E-state index contributed by atoms with van der Waals surface area (Å²) in [5, 5.41) is 0. The van der Waals surface area contributed by atoms with E-state index in [0.29, 0.717) is 12.0 Å². The first-order chi connectivity index (χ1) is 8.11. The van der Waals surface area contributed by atoms with Crippen LogP contribution in [0.5, 0.6) is 0 Å². The Hall–Kier alpha value is -0.120. The second-order valence-corrected chi connectivity index (χ2v) is 5.94. The van der Waals surface area contributed by atoms with Crippen LogP contribution >= 0.6 is 0 Å². The van der Waals surface area contributed by atoms with Gasteiger partial charge in [0.05, 0.1) is 6.10 Å². The zero-order valence-electron chi connectivity index (χ0n) is 11.8. The lowest BCUT2D eigenvalue weighted by atomic mass is 9.96. The van der Waals surface area contributed by atoms with Crippen molar-refractivity contribution >= 4 is 0 Å². The second-order valence-electron chi connectivity index (χ2n) is 5.94. The number of hydrogen-bond acceptors (Lipinski definition) is 3. The van der Waals surface area contributed by atoms with E-state index in [0.717, 1.165) is 32.2 Å². The maximum atomic E-state index is 5.84. The number of ether oxygens (including phenoxy) is 1. The standard InChI is InChI=1S/C14H30N2O/c1-12(2)8-13(9-15)10-16(3)11-14-6-4-5-7-17-14/h12-14H,4-11,15H2,1-3H3. The van der Waals surface area contributed by atoms with Crippen LogP contribution in [0.1, 0.15) is 39.5 Å². The van der Waals surface area contributed by atoms with E-state index in [9.17, 15) is 0 Å². The van der Waals surface area contributed by atoms with E-state index >= 15 is 0 Å². The molecule has 0 radical (unpaired) electrons. The minimum absolute atomic E-state index is 0.450. The first-order valence-corrected chi connectivity index (χ1v) is 7.12. The molecule has 3 heteroatoms. The van der Waals surface area contributed by atoms with Crippen molar-refractivity contribution in [3.05, 3.63) is 0 Å². The molecule has 0 spiro atoms. The lowest BCUT2D eigenvalue weighted by molar-refractivity contribution is -0.00366. The predicted molar refractivity (Wildman–Crippen MR) is 73.1 cm³/mol. The van der Waals surface area contributed by atoms with Crippen LogP contribution in [0.2, 0.25) is 0 Å². The lowest BCUT2D eigenvalue weighted by Gasteiger charge is -2.30. The van der Waals surface area contributed by atoms with Crippen molar-refractivity contribution in [1.82, 2.24) is 4.90 Å². The normalized spacial score (nSPS) is 23.3. The van der Waals surface area contributed by atoms with Crippen molar-refractivity contribution in [2.75, 3.05) is 33.3 Å². The molecule has 0 aromatic rings. The third-order valence-corrected chi connectivity index (χ3v) is 3.50. The largest absolute Gasteiger partial charge is 0.377 e. The molecule has 102 valence electrons. The molecule has 17 heavy (non-hydrogen) atoms. The van der Waals surface area contributed by atoms with Crippen LogP contribution in [0.25, 0.3) is 0 Å². The van der Waals surface area contributed by atoms with Gasteiger partial charge in [-0.25, -0.2) is 0 Å².